The Labute approximate surface area is 151 Å². The summed E-state index contributed by atoms with van der Waals surface area (Å²) in [5, 5.41) is 9.81. The summed E-state index contributed by atoms with van der Waals surface area (Å²) in [5.74, 6) is 1.84. The number of benzene rings is 1. The van der Waals surface area contributed by atoms with Crippen LogP contribution in [-0.2, 0) is 4.79 Å². The van der Waals surface area contributed by atoms with Gasteiger partial charge in [-0.2, -0.15) is 0 Å². The molecule has 1 heterocycles. The molecule has 0 amide bonds. The number of phenols is 1. The van der Waals surface area contributed by atoms with E-state index in [1.807, 2.05) is 26.0 Å². The number of ether oxygens (including phenoxy) is 1. The zero-order valence-electron chi connectivity index (χ0n) is 16.1. The number of carbonyl (C=O) groups is 1. The van der Waals surface area contributed by atoms with Gasteiger partial charge in [-0.05, 0) is 63.3 Å². The minimum Gasteiger partial charge on any atom is -0.508 e. The highest BCUT2D eigenvalue weighted by Gasteiger charge is 2.27. The number of hydrogen-bond donors (Lipinski definition) is 1. The maximum atomic E-state index is 11.9. The van der Waals surface area contributed by atoms with Gasteiger partial charge in [0.05, 0.1) is 0 Å². The van der Waals surface area contributed by atoms with Crippen LogP contribution in [0.3, 0.4) is 0 Å². The summed E-state index contributed by atoms with van der Waals surface area (Å²) in [7, 11) is 0. The molecule has 1 aliphatic heterocycles. The van der Waals surface area contributed by atoms with E-state index in [0.717, 1.165) is 35.3 Å². The fourth-order valence-electron chi connectivity index (χ4n) is 3.11. The molecule has 1 aliphatic rings. The highest BCUT2D eigenvalue weighted by Crippen LogP contribution is 2.37. The van der Waals surface area contributed by atoms with E-state index in [0.29, 0.717) is 30.3 Å². The zero-order chi connectivity index (χ0) is 18.6. The summed E-state index contributed by atoms with van der Waals surface area (Å²) in [5.41, 5.74) is 2.49. The minimum atomic E-state index is -0.366. The monoisotopic (exact) mass is 342 g/mol. The van der Waals surface area contributed by atoms with Crippen LogP contribution < -0.4 is 4.74 Å². The van der Waals surface area contributed by atoms with Gasteiger partial charge in [0.1, 0.15) is 22.9 Å². The molecule has 0 fully saturated rings. The van der Waals surface area contributed by atoms with E-state index in [1.165, 1.54) is 0 Å². The third-order valence-electron chi connectivity index (χ3n) is 4.53. The number of rotatable bonds is 7. The lowest BCUT2D eigenvalue weighted by Crippen LogP contribution is -2.31. The second-order valence-corrected chi connectivity index (χ2v) is 7.83. The Morgan fingerprint density at radius 3 is 2.76 bits per heavy atom. The van der Waals surface area contributed by atoms with Crippen molar-refractivity contribution in [3.63, 3.8) is 0 Å². The van der Waals surface area contributed by atoms with E-state index >= 15 is 0 Å². The Kier molecular flexibility index (Phi) is 6.10. The number of hydrogen-bond acceptors (Lipinski definition) is 3. The average Bonchev–Trinajstić information content (AvgIpc) is 2.48. The quantitative estimate of drug-likeness (QED) is 0.656. The molecule has 2 rings (SSSR count). The van der Waals surface area contributed by atoms with Crippen molar-refractivity contribution in [1.29, 1.82) is 0 Å². The van der Waals surface area contributed by atoms with Crippen molar-refractivity contribution in [1.82, 2.24) is 0 Å². The third-order valence-corrected chi connectivity index (χ3v) is 4.53. The van der Waals surface area contributed by atoms with Gasteiger partial charge in [0, 0.05) is 18.4 Å². The van der Waals surface area contributed by atoms with Crippen LogP contribution in [0.15, 0.2) is 29.9 Å². The molecule has 0 bridgehead atoms. The van der Waals surface area contributed by atoms with Gasteiger partial charge in [-0.1, -0.05) is 31.6 Å². The Balaban J connectivity index is 1.94. The van der Waals surface area contributed by atoms with Crippen LogP contribution in [0.4, 0.5) is 0 Å². The minimum absolute atomic E-state index is 0.292. The zero-order valence-corrected chi connectivity index (χ0v) is 16.1. The van der Waals surface area contributed by atoms with Crippen molar-refractivity contribution in [3.8, 4) is 11.5 Å². The maximum absolute atomic E-state index is 11.9. The number of carbonyl (C=O) groups excluding carboxylic acids is 1. The van der Waals surface area contributed by atoms with Crippen molar-refractivity contribution < 1.29 is 14.6 Å². The van der Waals surface area contributed by atoms with E-state index in [4.69, 9.17) is 4.74 Å². The number of fused-ring (bicyclic) bond motifs is 1. The normalized spacial score (nSPS) is 19.7. The number of aryl methyl sites for hydroxylation is 1. The van der Waals surface area contributed by atoms with Gasteiger partial charge in [-0.3, -0.25) is 4.79 Å². The second kappa shape index (κ2) is 7.90. The fraction of sp³-hybridized carbons (Fsp3) is 0.500. The summed E-state index contributed by atoms with van der Waals surface area (Å²) in [6.07, 6.45) is 9.13. The molecule has 0 aromatic heterocycles. The van der Waals surface area contributed by atoms with Crippen LogP contribution >= 0.6 is 0 Å². The molecular formula is C22H30O3. The van der Waals surface area contributed by atoms with Crippen molar-refractivity contribution >= 4 is 11.9 Å². The van der Waals surface area contributed by atoms with Crippen LogP contribution in [0.25, 0.3) is 6.08 Å². The van der Waals surface area contributed by atoms with Gasteiger partial charge < -0.3 is 9.84 Å². The molecule has 0 radical (unpaired) electrons. The highest BCUT2D eigenvalue weighted by molar-refractivity contribution is 5.80. The standard InChI is InChI=1S/C22H30O3/c1-15(2)11-19(23)12-16(3)7-6-9-22(5)10-8-18-14-20(24)17(4)13-21(18)25-22/h7-8,10,13-15,24H,6,9,11-12H2,1-5H3. The molecule has 1 aromatic rings. The van der Waals surface area contributed by atoms with Crippen LogP contribution in [-0.4, -0.2) is 16.5 Å². The molecule has 1 atom stereocenters. The van der Waals surface area contributed by atoms with Crippen LogP contribution in [0.2, 0.25) is 0 Å². The highest BCUT2D eigenvalue weighted by atomic mass is 16.5. The molecular weight excluding hydrogens is 312 g/mol. The summed E-state index contributed by atoms with van der Waals surface area (Å²) in [6, 6.07) is 3.63. The molecule has 1 N–H and O–H groups in total. The van der Waals surface area contributed by atoms with Gasteiger partial charge in [0.2, 0.25) is 0 Å². The van der Waals surface area contributed by atoms with Crippen molar-refractivity contribution in [2.24, 2.45) is 5.92 Å². The molecule has 0 saturated heterocycles. The van der Waals surface area contributed by atoms with Gasteiger partial charge in [-0.25, -0.2) is 0 Å². The summed E-state index contributed by atoms with van der Waals surface area (Å²) < 4.78 is 6.18. The first-order valence-corrected chi connectivity index (χ1v) is 9.08. The van der Waals surface area contributed by atoms with E-state index < -0.39 is 0 Å². The maximum Gasteiger partial charge on any atom is 0.137 e. The number of aromatic hydroxyl groups is 1. The number of phenolic OH excluding ortho intramolecular Hbond substituents is 1. The Morgan fingerprint density at radius 2 is 2.08 bits per heavy atom. The van der Waals surface area contributed by atoms with E-state index in [-0.39, 0.29) is 5.60 Å². The number of allylic oxidation sites excluding steroid dienone is 2. The third kappa shape index (κ3) is 5.48. The summed E-state index contributed by atoms with van der Waals surface area (Å²) in [6.45, 7) is 10.1. The first kappa shape index (κ1) is 19.3. The topological polar surface area (TPSA) is 46.5 Å². The smallest absolute Gasteiger partial charge is 0.137 e. The molecule has 0 spiro atoms. The lowest BCUT2D eigenvalue weighted by molar-refractivity contribution is -0.119. The van der Waals surface area contributed by atoms with Crippen LogP contribution in [0, 0.1) is 12.8 Å². The van der Waals surface area contributed by atoms with Crippen molar-refractivity contribution in [2.75, 3.05) is 0 Å². The van der Waals surface area contributed by atoms with Crippen molar-refractivity contribution in [3.05, 3.63) is 41.0 Å². The number of ketones is 1. The Morgan fingerprint density at radius 1 is 1.36 bits per heavy atom. The van der Waals surface area contributed by atoms with Crippen LogP contribution in [0.1, 0.15) is 64.5 Å². The first-order chi connectivity index (χ1) is 11.7. The summed E-state index contributed by atoms with van der Waals surface area (Å²) in [4.78, 5) is 11.9. The molecule has 1 aromatic carbocycles. The predicted molar refractivity (Wildman–Crippen MR) is 103 cm³/mol. The molecule has 0 aliphatic carbocycles. The van der Waals surface area contributed by atoms with Gasteiger partial charge in [0.15, 0.2) is 0 Å². The Hall–Kier alpha value is -2.03. The fourth-order valence-corrected chi connectivity index (χ4v) is 3.11. The van der Waals surface area contributed by atoms with E-state index in [1.54, 1.807) is 6.07 Å². The van der Waals surface area contributed by atoms with E-state index in [9.17, 15) is 9.90 Å². The number of Topliss-reactive ketones (excluding diaryl/α,β-unsaturated/α-hetero) is 1. The van der Waals surface area contributed by atoms with Crippen molar-refractivity contribution in [2.45, 2.75) is 65.9 Å². The lowest BCUT2D eigenvalue weighted by atomic mass is 9.93. The first-order valence-electron chi connectivity index (χ1n) is 9.08. The molecule has 0 saturated carbocycles. The predicted octanol–water partition coefficient (Wildman–Crippen LogP) is 5.60. The molecule has 1 unspecified atom stereocenters. The van der Waals surface area contributed by atoms with Gasteiger partial charge in [-0.15, -0.1) is 0 Å². The van der Waals surface area contributed by atoms with E-state index in [2.05, 4.69) is 32.9 Å². The SMILES string of the molecule is CC(=CCCC1(C)C=Cc2cc(O)c(C)cc2O1)CC(=O)CC(C)C. The molecule has 3 heteroatoms. The second-order valence-electron chi connectivity index (χ2n) is 7.83. The average molecular weight is 342 g/mol. The lowest BCUT2D eigenvalue weighted by Gasteiger charge is -2.31. The Bertz CT molecular complexity index is 697. The van der Waals surface area contributed by atoms with Crippen LogP contribution in [0.5, 0.6) is 11.5 Å². The molecule has 25 heavy (non-hydrogen) atoms. The van der Waals surface area contributed by atoms with Gasteiger partial charge >= 0.3 is 0 Å². The largest absolute Gasteiger partial charge is 0.508 e. The molecule has 3 nitrogen and oxygen atoms in total. The van der Waals surface area contributed by atoms with Gasteiger partial charge in [0.25, 0.3) is 0 Å². The molecule has 136 valence electrons. The summed E-state index contributed by atoms with van der Waals surface area (Å²) >= 11 is 0.